The molecule has 1 aromatic carbocycles. The first kappa shape index (κ1) is 13.6. The van der Waals surface area contributed by atoms with Crippen LogP contribution in [0.25, 0.3) is 0 Å². The molecule has 1 atom stereocenters. The van der Waals surface area contributed by atoms with Gasteiger partial charge in [-0.3, -0.25) is 4.99 Å². The fraction of sp³-hybridized carbons (Fsp3) is 0.500. The Bertz CT molecular complexity index is 503. The molecule has 0 spiro atoms. The fourth-order valence-corrected chi connectivity index (χ4v) is 2.65. The molecule has 1 aromatic rings. The molecular formula is C14H20FN3O. The van der Waals surface area contributed by atoms with Gasteiger partial charge in [-0.15, -0.1) is 0 Å². The summed E-state index contributed by atoms with van der Waals surface area (Å²) in [5, 5.41) is 0. The lowest BCUT2D eigenvalue weighted by molar-refractivity contribution is 0.211. The molecule has 0 fully saturated rings. The quantitative estimate of drug-likeness (QED) is 0.907. The number of benzene rings is 1. The van der Waals surface area contributed by atoms with Gasteiger partial charge in [0.15, 0.2) is 5.96 Å². The Labute approximate surface area is 113 Å². The predicted octanol–water partition coefficient (Wildman–Crippen LogP) is 2.09. The first-order chi connectivity index (χ1) is 9.04. The second kappa shape index (κ2) is 5.07. The number of halogens is 1. The molecule has 1 aliphatic heterocycles. The molecule has 0 saturated heterocycles. The van der Waals surface area contributed by atoms with E-state index in [4.69, 9.17) is 10.5 Å². The molecule has 2 rings (SSSR count). The summed E-state index contributed by atoms with van der Waals surface area (Å²) in [7, 11) is 1.55. The highest BCUT2D eigenvalue weighted by Gasteiger charge is 2.42. The zero-order chi connectivity index (χ0) is 14.0. The number of nitrogens with zero attached hydrogens (tertiary/aromatic N) is 2. The number of methoxy groups -OCH3 is 1. The van der Waals surface area contributed by atoms with Gasteiger partial charge in [-0.1, -0.05) is 13.0 Å². The molecule has 5 heteroatoms. The van der Waals surface area contributed by atoms with Gasteiger partial charge in [-0.2, -0.15) is 0 Å². The van der Waals surface area contributed by atoms with Crippen LogP contribution in [0, 0.1) is 5.82 Å². The van der Waals surface area contributed by atoms with Crippen molar-refractivity contribution in [3.63, 3.8) is 0 Å². The largest absolute Gasteiger partial charge is 0.496 e. The van der Waals surface area contributed by atoms with Crippen molar-refractivity contribution in [1.29, 1.82) is 0 Å². The van der Waals surface area contributed by atoms with Crippen LogP contribution in [-0.4, -0.2) is 31.1 Å². The lowest BCUT2D eigenvalue weighted by Crippen LogP contribution is -2.48. The predicted molar refractivity (Wildman–Crippen MR) is 73.8 cm³/mol. The average molecular weight is 265 g/mol. The van der Waals surface area contributed by atoms with Crippen molar-refractivity contribution in [1.82, 2.24) is 4.90 Å². The van der Waals surface area contributed by atoms with Crippen LogP contribution in [0.15, 0.2) is 23.2 Å². The Morgan fingerprint density at radius 1 is 1.53 bits per heavy atom. The van der Waals surface area contributed by atoms with Crippen molar-refractivity contribution >= 4 is 5.96 Å². The van der Waals surface area contributed by atoms with E-state index < -0.39 is 5.54 Å². The number of ether oxygens (including phenoxy) is 1. The van der Waals surface area contributed by atoms with Crippen LogP contribution in [0.5, 0.6) is 5.75 Å². The van der Waals surface area contributed by atoms with Crippen LogP contribution in [0.4, 0.5) is 4.39 Å². The maximum absolute atomic E-state index is 14.3. The minimum Gasteiger partial charge on any atom is -0.496 e. The second-order valence-electron chi connectivity index (χ2n) is 4.92. The van der Waals surface area contributed by atoms with Gasteiger partial charge in [0.25, 0.3) is 0 Å². The number of hydrogen-bond donors (Lipinski definition) is 1. The summed E-state index contributed by atoms with van der Waals surface area (Å²) in [5.41, 5.74) is 5.87. The molecule has 0 bridgehead atoms. The summed E-state index contributed by atoms with van der Waals surface area (Å²) in [6.07, 6.45) is 0.919. The van der Waals surface area contributed by atoms with Crippen LogP contribution in [0.3, 0.4) is 0 Å². The first-order valence-electron chi connectivity index (χ1n) is 6.45. The lowest BCUT2D eigenvalue weighted by Gasteiger charge is -2.37. The molecule has 0 aromatic heterocycles. The van der Waals surface area contributed by atoms with E-state index in [0.29, 0.717) is 23.8 Å². The number of guanidine groups is 1. The molecule has 4 nitrogen and oxygen atoms in total. The molecule has 19 heavy (non-hydrogen) atoms. The third kappa shape index (κ3) is 2.13. The van der Waals surface area contributed by atoms with Gasteiger partial charge in [0, 0.05) is 6.54 Å². The highest BCUT2D eigenvalue weighted by molar-refractivity contribution is 5.81. The number of hydrogen-bond acceptors (Lipinski definition) is 4. The molecule has 0 saturated carbocycles. The molecule has 1 aliphatic rings. The maximum Gasteiger partial charge on any atom is 0.192 e. The van der Waals surface area contributed by atoms with Gasteiger partial charge >= 0.3 is 0 Å². The Hall–Kier alpha value is -1.78. The Kier molecular flexibility index (Phi) is 3.64. The lowest BCUT2D eigenvalue weighted by atomic mass is 9.89. The van der Waals surface area contributed by atoms with E-state index in [1.165, 1.54) is 6.07 Å². The third-order valence-corrected chi connectivity index (χ3v) is 3.60. The minimum absolute atomic E-state index is 0.284. The molecule has 104 valence electrons. The number of rotatable bonds is 4. The van der Waals surface area contributed by atoms with Crippen LogP contribution in [-0.2, 0) is 5.54 Å². The minimum atomic E-state index is -0.587. The Balaban J connectivity index is 2.51. The molecular weight excluding hydrogens is 245 g/mol. The average Bonchev–Trinajstić information content (AvgIpc) is 2.68. The van der Waals surface area contributed by atoms with Crippen LogP contribution in [0.1, 0.15) is 25.8 Å². The fourth-order valence-electron chi connectivity index (χ4n) is 2.65. The van der Waals surface area contributed by atoms with E-state index in [2.05, 4.69) is 11.9 Å². The van der Waals surface area contributed by atoms with Crippen molar-refractivity contribution in [3.05, 3.63) is 29.6 Å². The Morgan fingerprint density at radius 3 is 2.89 bits per heavy atom. The zero-order valence-electron chi connectivity index (χ0n) is 11.6. The van der Waals surface area contributed by atoms with Crippen molar-refractivity contribution < 1.29 is 9.13 Å². The van der Waals surface area contributed by atoms with Gasteiger partial charge in [-0.25, -0.2) is 4.39 Å². The van der Waals surface area contributed by atoms with Crippen LogP contribution < -0.4 is 10.5 Å². The molecule has 1 heterocycles. The highest BCUT2D eigenvalue weighted by atomic mass is 19.1. The van der Waals surface area contributed by atoms with E-state index in [0.717, 1.165) is 13.0 Å². The van der Waals surface area contributed by atoms with E-state index in [1.54, 1.807) is 19.2 Å². The smallest absolute Gasteiger partial charge is 0.192 e. The standard InChI is InChI=1S/C14H20FN3O/c1-4-8-18-13(16)17-9-14(18,2)12-10(15)6-5-7-11(12)19-3/h5-7H,4,8-9H2,1-3H3,(H2,16,17). The SMILES string of the molecule is CCCN1C(N)=NCC1(C)c1c(F)cccc1OC. The monoisotopic (exact) mass is 265 g/mol. The Morgan fingerprint density at radius 2 is 2.26 bits per heavy atom. The summed E-state index contributed by atoms with van der Waals surface area (Å²) in [6, 6.07) is 4.86. The summed E-state index contributed by atoms with van der Waals surface area (Å²) in [5.74, 6) is 0.719. The topological polar surface area (TPSA) is 50.8 Å². The zero-order valence-corrected chi connectivity index (χ0v) is 11.6. The van der Waals surface area contributed by atoms with Crippen molar-refractivity contribution in [3.8, 4) is 5.75 Å². The van der Waals surface area contributed by atoms with Gasteiger partial charge in [-0.05, 0) is 25.5 Å². The molecule has 2 N–H and O–H groups in total. The van der Waals surface area contributed by atoms with Gasteiger partial charge in [0.1, 0.15) is 11.6 Å². The summed E-state index contributed by atoms with van der Waals surface area (Å²) < 4.78 is 19.6. The van der Waals surface area contributed by atoms with Crippen molar-refractivity contribution in [2.75, 3.05) is 20.2 Å². The van der Waals surface area contributed by atoms with E-state index in [9.17, 15) is 4.39 Å². The van der Waals surface area contributed by atoms with Crippen LogP contribution >= 0.6 is 0 Å². The second-order valence-corrected chi connectivity index (χ2v) is 4.92. The normalized spacial score (nSPS) is 22.5. The van der Waals surface area contributed by atoms with Crippen molar-refractivity contribution in [2.45, 2.75) is 25.8 Å². The highest BCUT2D eigenvalue weighted by Crippen LogP contribution is 2.39. The summed E-state index contributed by atoms with van der Waals surface area (Å²) >= 11 is 0. The number of aliphatic imine (C=N–C) groups is 1. The van der Waals surface area contributed by atoms with Gasteiger partial charge in [0.2, 0.25) is 0 Å². The van der Waals surface area contributed by atoms with Gasteiger partial charge in [0.05, 0.1) is 24.8 Å². The molecule has 0 radical (unpaired) electrons. The maximum atomic E-state index is 14.3. The molecule has 0 amide bonds. The van der Waals surface area contributed by atoms with Gasteiger partial charge < -0.3 is 15.4 Å². The van der Waals surface area contributed by atoms with Crippen molar-refractivity contribution in [2.24, 2.45) is 10.7 Å². The number of nitrogens with two attached hydrogens (primary N) is 1. The van der Waals surface area contributed by atoms with E-state index >= 15 is 0 Å². The van der Waals surface area contributed by atoms with E-state index in [1.807, 2.05) is 11.8 Å². The summed E-state index contributed by atoms with van der Waals surface area (Å²) in [6.45, 7) is 5.19. The third-order valence-electron chi connectivity index (χ3n) is 3.60. The summed E-state index contributed by atoms with van der Waals surface area (Å²) in [4.78, 5) is 6.23. The van der Waals surface area contributed by atoms with Crippen LogP contribution in [0.2, 0.25) is 0 Å². The first-order valence-corrected chi connectivity index (χ1v) is 6.45. The van der Waals surface area contributed by atoms with E-state index in [-0.39, 0.29) is 5.82 Å². The molecule has 0 aliphatic carbocycles. The molecule has 1 unspecified atom stereocenters.